The topological polar surface area (TPSA) is 42.7 Å². The number of benzene rings is 1. The van der Waals surface area contributed by atoms with E-state index in [0.717, 1.165) is 31.2 Å². The van der Waals surface area contributed by atoms with Gasteiger partial charge >= 0.3 is 0 Å². The molecule has 4 rings (SSSR count). The molecule has 0 bridgehead atoms. The largest absolute Gasteiger partial charge is 0.308 e. The Hall–Kier alpha value is -1.68. The molecule has 0 amide bonds. The van der Waals surface area contributed by atoms with Crippen molar-refractivity contribution < 1.29 is 0 Å². The first kappa shape index (κ1) is 13.0. The molecule has 2 heterocycles. The van der Waals surface area contributed by atoms with Crippen molar-refractivity contribution in [2.45, 2.75) is 51.6 Å². The van der Waals surface area contributed by atoms with E-state index in [-0.39, 0.29) is 0 Å². The molecule has 1 unspecified atom stereocenters. The molecule has 1 N–H and O–H groups in total. The molecule has 0 spiro atoms. The maximum atomic E-state index is 4.50. The van der Waals surface area contributed by atoms with Crippen LogP contribution < -0.4 is 5.32 Å². The molecule has 2 aliphatic rings. The third-order valence-electron chi connectivity index (χ3n) is 4.75. The Morgan fingerprint density at radius 3 is 3.05 bits per heavy atom. The van der Waals surface area contributed by atoms with E-state index in [9.17, 15) is 0 Å². The van der Waals surface area contributed by atoms with Crippen molar-refractivity contribution in [2.24, 2.45) is 0 Å². The first-order valence-electron chi connectivity index (χ1n) is 8.15. The number of hydrogen-bond acceptors (Lipinski definition) is 3. The second-order valence-electron chi connectivity index (χ2n) is 6.17. The third-order valence-corrected chi connectivity index (χ3v) is 4.75. The lowest BCUT2D eigenvalue weighted by Gasteiger charge is -2.24. The van der Waals surface area contributed by atoms with Crippen LogP contribution in [0.1, 0.15) is 49.2 Å². The van der Waals surface area contributed by atoms with E-state index in [1.807, 2.05) is 0 Å². The summed E-state index contributed by atoms with van der Waals surface area (Å²) in [5.41, 5.74) is 4.25. The van der Waals surface area contributed by atoms with Gasteiger partial charge in [-0.3, -0.25) is 0 Å². The SMILES string of the molecule is CCCC1NCCn2c(-c3ccc4c(c3)CCC4)nnc21. The molecule has 1 aliphatic heterocycles. The molecule has 1 aromatic carbocycles. The van der Waals surface area contributed by atoms with Crippen molar-refractivity contribution in [1.82, 2.24) is 20.1 Å². The highest BCUT2D eigenvalue weighted by molar-refractivity contribution is 5.59. The number of rotatable bonds is 3. The van der Waals surface area contributed by atoms with E-state index in [2.05, 4.69) is 45.2 Å². The first-order valence-corrected chi connectivity index (χ1v) is 8.15. The standard InChI is InChI=1S/C17H22N4/c1-2-4-15-17-20-19-16(21(17)10-9-18-15)14-8-7-12-5-3-6-13(12)11-14/h7-8,11,15,18H,2-6,9-10H2,1H3. The molecule has 0 fully saturated rings. The van der Waals surface area contributed by atoms with Gasteiger partial charge in [0.05, 0.1) is 6.04 Å². The highest BCUT2D eigenvalue weighted by Gasteiger charge is 2.25. The van der Waals surface area contributed by atoms with Gasteiger partial charge in [0.25, 0.3) is 0 Å². The Bertz CT molecular complexity index is 659. The molecule has 110 valence electrons. The maximum absolute atomic E-state index is 4.50. The van der Waals surface area contributed by atoms with Crippen LogP contribution in [0.4, 0.5) is 0 Å². The molecule has 1 aliphatic carbocycles. The van der Waals surface area contributed by atoms with Gasteiger partial charge in [-0.05, 0) is 42.9 Å². The predicted molar refractivity (Wildman–Crippen MR) is 83.1 cm³/mol. The summed E-state index contributed by atoms with van der Waals surface area (Å²) in [6.45, 7) is 4.20. The fraction of sp³-hybridized carbons (Fsp3) is 0.529. The van der Waals surface area contributed by atoms with E-state index in [4.69, 9.17) is 0 Å². The van der Waals surface area contributed by atoms with Gasteiger partial charge in [0.15, 0.2) is 11.6 Å². The summed E-state index contributed by atoms with van der Waals surface area (Å²) in [5.74, 6) is 2.15. The van der Waals surface area contributed by atoms with Gasteiger partial charge in [-0.15, -0.1) is 10.2 Å². The highest BCUT2D eigenvalue weighted by atomic mass is 15.3. The average molecular weight is 282 g/mol. The van der Waals surface area contributed by atoms with Crippen LogP contribution in [0.2, 0.25) is 0 Å². The number of aryl methyl sites for hydroxylation is 2. The number of aromatic nitrogens is 3. The molecule has 1 aromatic heterocycles. The molecule has 1 atom stereocenters. The fourth-order valence-corrected chi connectivity index (χ4v) is 3.68. The molecular formula is C17H22N4. The van der Waals surface area contributed by atoms with Crippen molar-refractivity contribution in [3.05, 3.63) is 35.2 Å². The fourth-order valence-electron chi connectivity index (χ4n) is 3.68. The minimum atomic E-state index is 0.361. The van der Waals surface area contributed by atoms with Crippen LogP contribution in [0.5, 0.6) is 0 Å². The molecule has 4 nitrogen and oxygen atoms in total. The van der Waals surface area contributed by atoms with Crippen LogP contribution >= 0.6 is 0 Å². The number of hydrogen-bond donors (Lipinski definition) is 1. The van der Waals surface area contributed by atoms with Crippen LogP contribution in [0.15, 0.2) is 18.2 Å². The van der Waals surface area contributed by atoms with Gasteiger partial charge in [0, 0.05) is 18.7 Å². The Morgan fingerprint density at radius 2 is 2.14 bits per heavy atom. The monoisotopic (exact) mass is 282 g/mol. The van der Waals surface area contributed by atoms with Gasteiger partial charge in [-0.25, -0.2) is 0 Å². The van der Waals surface area contributed by atoms with Crippen molar-refractivity contribution >= 4 is 0 Å². The Labute approximate surface area is 125 Å². The zero-order chi connectivity index (χ0) is 14.2. The van der Waals surface area contributed by atoms with E-state index in [1.54, 1.807) is 0 Å². The second kappa shape index (κ2) is 5.26. The van der Waals surface area contributed by atoms with Crippen LogP contribution in [0.25, 0.3) is 11.4 Å². The van der Waals surface area contributed by atoms with Gasteiger partial charge in [0.2, 0.25) is 0 Å². The van der Waals surface area contributed by atoms with Crippen LogP contribution in [0, 0.1) is 0 Å². The zero-order valence-corrected chi connectivity index (χ0v) is 12.6. The van der Waals surface area contributed by atoms with Gasteiger partial charge in [-0.1, -0.05) is 25.5 Å². The third kappa shape index (κ3) is 2.18. The van der Waals surface area contributed by atoms with Crippen molar-refractivity contribution in [3.8, 4) is 11.4 Å². The molecular weight excluding hydrogens is 260 g/mol. The lowest BCUT2D eigenvalue weighted by molar-refractivity contribution is 0.394. The van der Waals surface area contributed by atoms with Gasteiger partial charge in [-0.2, -0.15) is 0 Å². The Morgan fingerprint density at radius 1 is 1.24 bits per heavy atom. The van der Waals surface area contributed by atoms with E-state index < -0.39 is 0 Å². The molecule has 4 heteroatoms. The van der Waals surface area contributed by atoms with Crippen molar-refractivity contribution in [1.29, 1.82) is 0 Å². The summed E-state index contributed by atoms with van der Waals surface area (Å²) in [7, 11) is 0. The van der Waals surface area contributed by atoms with Crippen LogP contribution in [-0.2, 0) is 19.4 Å². The zero-order valence-electron chi connectivity index (χ0n) is 12.6. The predicted octanol–water partition coefficient (Wildman–Crippen LogP) is 2.88. The van der Waals surface area contributed by atoms with Crippen molar-refractivity contribution in [2.75, 3.05) is 6.54 Å². The first-order chi connectivity index (χ1) is 10.4. The number of nitrogens with one attached hydrogen (secondary N) is 1. The molecule has 0 radical (unpaired) electrons. The van der Waals surface area contributed by atoms with E-state index in [0.29, 0.717) is 6.04 Å². The Balaban J connectivity index is 1.73. The minimum Gasteiger partial charge on any atom is -0.308 e. The minimum absolute atomic E-state index is 0.361. The summed E-state index contributed by atoms with van der Waals surface area (Å²) in [6, 6.07) is 7.19. The van der Waals surface area contributed by atoms with E-state index in [1.165, 1.54) is 42.4 Å². The lowest BCUT2D eigenvalue weighted by Crippen LogP contribution is -2.33. The summed E-state index contributed by atoms with van der Waals surface area (Å²) in [5, 5.41) is 12.5. The number of fused-ring (bicyclic) bond motifs is 2. The maximum Gasteiger partial charge on any atom is 0.164 e. The number of nitrogens with zero attached hydrogens (tertiary/aromatic N) is 3. The molecule has 2 aromatic rings. The van der Waals surface area contributed by atoms with Crippen LogP contribution in [-0.4, -0.2) is 21.3 Å². The summed E-state index contributed by atoms with van der Waals surface area (Å²) < 4.78 is 2.31. The summed E-state index contributed by atoms with van der Waals surface area (Å²) in [4.78, 5) is 0. The van der Waals surface area contributed by atoms with Gasteiger partial charge < -0.3 is 9.88 Å². The van der Waals surface area contributed by atoms with Crippen LogP contribution in [0.3, 0.4) is 0 Å². The molecule has 21 heavy (non-hydrogen) atoms. The lowest BCUT2D eigenvalue weighted by atomic mass is 10.1. The summed E-state index contributed by atoms with van der Waals surface area (Å²) in [6.07, 6.45) is 6.03. The molecule has 0 saturated heterocycles. The second-order valence-corrected chi connectivity index (χ2v) is 6.17. The smallest absolute Gasteiger partial charge is 0.164 e. The Kier molecular flexibility index (Phi) is 3.26. The normalized spacial score (nSPS) is 20.3. The molecule has 0 saturated carbocycles. The van der Waals surface area contributed by atoms with Gasteiger partial charge in [0.1, 0.15) is 0 Å². The highest BCUT2D eigenvalue weighted by Crippen LogP contribution is 2.30. The summed E-state index contributed by atoms with van der Waals surface area (Å²) >= 11 is 0. The van der Waals surface area contributed by atoms with Crippen molar-refractivity contribution in [3.63, 3.8) is 0 Å². The average Bonchev–Trinajstić information content (AvgIpc) is 3.13. The quantitative estimate of drug-likeness (QED) is 0.941. The van der Waals surface area contributed by atoms with E-state index >= 15 is 0 Å².